The number of ether oxygens (including phenoxy) is 1. The number of hydrogen-bond donors (Lipinski definition) is 4. The lowest BCUT2D eigenvalue weighted by Crippen LogP contribution is -2.41. The summed E-state index contributed by atoms with van der Waals surface area (Å²) >= 11 is 6.29. The van der Waals surface area contributed by atoms with Gasteiger partial charge in [0.05, 0.1) is 0 Å². The molecule has 4 heterocycles. The van der Waals surface area contributed by atoms with Gasteiger partial charge in [-0.05, 0) is 86.0 Å². The van der Waals surface area contributed by atoms with Crippen LogP contribution in [0.1, 0.15) is 54.1 Å². The van der Waals surface area contributed by atoms with E-state index in [4.69, 9.17) is 22.1 Å². The number of alkyl halides is 3. The van der Waals surface area contributed by atoms with Gasteiger partial charge in [-0.3, -0.25) is 9.59 Å². The molecule has 6 rings (SSSR count). The molecular weight excluding hydrogens is 663 g/mol. The number of hydrogen-bond acceptors (Lipinski definition) is 9. The highest BCUT2D eigenvalue weighted by molar-refractivity contribution is 6.30. The van der Waals surface area contributed by atoms with Gasteiger partial charge in [-0.25, -0.2) is 0 Å². The summed E-state index contributed by atoms with van der Waals surface area (Å²) in [6.45, 7) is 4.80. The van der Waals surface area contributed by atoms with Crippen molar-refractivity contribution in [1.29, 1.82) is 0 Å². The molecule has 0 unspecified atom stereocenters. The second-order valence-electron chi connectivity index (χ2n) is 13.0. The van der Waals surface area contributed by atoms with Gasteiger partial charge in [-0.15, -0.1) is 0 Å². The van der Waals surface area contributed by atoms with E-state index in [-0.39, 0.29) is 39.3 Å². The lowest BCUT2D eigenvalue weighted by Gasteiger charge is -2.39. The van der Waals surface area contributed by atoms with Crippen molar-refractivity contribution in [2.24, 2.45) is 5.41 Å². The van der Waals surface area contributed by atoms with Gasteiger partial charge in [0.2, 0.25) is 17.9 Å². The first-order chi connectivity index (χ1) is 23.4. The van der Waals surface area contributed by atoms with Crippen molar-refractivity contribution in [2.75, 3.05) is 56.4 Å². The minimum atomic E-state index is -4.87. The van der Waals surface area contributed by atoms with Gasteiger partial charge in [0.25, 0.3) is 5.91 Å². The number of carbonyl (C=O) groups is 2. The Bertz CT molecular complexity index is 1680. The highest BCUT2D eigenvalue weighted by Crippen LogP contribution is 2.43. The number of amides is 1. The molecule has 3 aromatic rings. The third kappa shape index (κ3) is 8.19. The van der Waals surface area contributed by atoms with Gasteiger partial charge in [0.15, 0.2) is 0 Å². The summed E-state index contributed by atoms with van der Waals surface area (Å²) in [6.07, 6.45) is -3.18. The van der Waals surface area contributed by atoms with E-state index in [1.54, 1.807) is 18.2 Å². The molecule has 15 heteroatoms. The first kappa shape index (κ1) is 34.7. The predicted molar refractivity (Wildman–Crippen MR) is 179 cm³/mol. The average molecular weight is 702 g/mol. The lowest BCUT2D eigenvalue weighted by atomic mass is 9.76. The van der Waals surface area contributed by atoms with Crippen LogP contribution in [-0.2, 0) is 4.79 Å². The second-order valence-corrected chi connectivity index (χ2v) is 13.5. The number of anilines is 2. The van der Waals surface area contributed by atoms with Crippen molar-refractivity contribution >= 4 is 35.2 Å². The van der Waals surface area contributed by atoms with Crippen molar-refractivity contribution in [2.45, 2.75) is 50.4 Å². The standard InChI is InChI=1S/C34H39ClF3N7O4/c35-23-6-7-24(25(17-23)21-4-3-5-22(16-21)30(46)40-10-15-44-11-1-2-12-44)29(34(36,37)38)49-28-18-27(42-32(39)43-28)45-13-8-33(9-14-45)19-26(31(47)48)41-20-33/h3-7,16-18,26,29,41H,1-2,8-15,19-20H2,(H,40,46)(H,47,48)(H2,39,42,43)/t26-,29+/m0/s1. The van der Waals surface area contributed by atoms with Gasteiger partial charge >= 0.3 is 12.1 Å². The molecule has 3 aliphatic heterocycles. The molecule has 3 fully saturated rings. The molecule has 0 bridgehead atoms. The molecule has 2 atom stereocenters. The lowest BCUT2D eigenvalue weighted by molar-refractivity contribution is -0.198. The van der Waals surface area contributed by atoms with Gasteiger partial charge in [-0.2, -0.15) is 23.1 Å². The van der Waals surface area contributed by atoms with E-state index < -0.39 is 24.3 Å². The quantitative estimate of drug-likeness (QED) is 0.230. The fraction of sp³-hybridized carbons (Fsp3) is 0.471. The molecular formula is C34H39ClF3N7O4. The summed E-state index contributed by atoms with van der Waals surface area (Å²) in [5, 5.41) is 15.6. The van der Waals surface area contributed by atoms with E-state index in [0.29, 0.717) is 62.4 Å². The molecule has 262 valence electrons. The number of halogens is 4. The topological polar surface area (TPSA) is 146 Å². The Morgan fingerprint density at radius 3 is 2.55 bits per heavy atom. The van der Waals surface area contributed by atoms with E-state index in [9.17, 15) is 27.9 Å². The zero-order chi connectivity index (χ0) is 34.8. The SMILES string of the molecule is Nc1nc(O[C@H](c2ccc(Cl)cc2-c2cccc(C(=O)NCCN3CCCC3)c2)C(F)(F)F)cc(N2CCC3(CC2)CN[C@H](C(=O)O)C3)n1. The summed E-state index contributed by atoms with van der Waals surface area (Å²) in [4.78, 5) is 36.9. The van der Waals surface area contributed by atoms with Crippen LogP contribution in [0.25, 0.3) is 11.1 Å². The Hall–Kier alpha value is -4.14. The van der Waals surface area contributed by atoms with Crippen molar-refractivity contribution in [1.82, 2.24) is 25.5 Å². The van der Waals surface area contributed by atoms with Crippen molar-refractivity contribution in [3.63, 3.8) is 0 Å². The van der Waals surface area contributed by atoms with E-state index in [0.717, 1.165) is 32.5 Å². The highest BCUT2D eigenvalue weighted by atomic mass is 35.5. The van der Waals surface area contributed by atoms with Gasteiger partial charge in [-0.1, -0.05) is 29.8 Å². The van der Waals surface area contributed by atoms with E-state index in [1.165, 1.54) is 30.3 Å². The van der Waals surface area contributed by atoms with Crippen molar-refractivity contribution in [3.05, 3.63) is 64.7 Å². The number of piperidine rings is 1. The number of carboxylic acid groups (broad SMARTS) is 1. The fourth-order valence-electron chi connectivity index (χ4n) is 7.03. The van der Waals surface area contributed by atoms with Crippen molar-refractivity contribution in [3.8, 4) is 17.0 Å². The highest BCUT2D eigenvalue weighted by Gasteiger charge is 2.46. The second kappa shape index (κ2) is 14.4. The Labute approximate surface area is 287 Å². The van der Waals surface area contributed by atoms with Crippen molar-refractivity contribution < 1.29 is 32.6 Å². The van der Waals surface area contributed by atoms with E-state index in [2.05, 4.69) is 25.5 Å². The first-order valence-corrected chi connectivity index (χ1v) is 16.8. The molecule has 3 saturated heterocycles. The number of likely N-dealkylation sites (tertiary alicyclic amines) is 1. The molecule has 0 aliphatic carbocycles. The van der Waals surface area contributed by atoms with E-state index in [1.807, 2.05) is 4.90 Å². The fourth-order valence-corrected chi connectivity index (χ4v) is 7.21. The third-order valence-corrected chi connectivity index (χ3v) is 9.93. The zero-order valence-corrected chi connectivity index (χ0v) is 27.6. The Kier molecular flexibility index (Phi) is 10.2. The third-order valence-electron chi connectivity index (χ3n) is 9.69. The number of carbonyl (C=O) groups excluding carboxylic acids is 1. The number of nitrogens with zero attached hydrogens (tertiary/aromatic N) is 4. The molecule has 49 heavy (non-hydrogen) atoms. The van der Waals surface area contributed by atoms with Crippen LogP contribution < -0.4 is 26.0 Å². The minimum absolute atomic E-state index is 0.148. The molecule has 2 aromatic carbocycles. The summed E-state index contributed by atoms with van der Waals surface area (Å²) in [7, 11) is 0. The molecule has 0 radical (unpaired) electrons. The molecule has 5 N–H and O–H groups in total. The molecule has 3 aliphatic rings. The van der Waals surface area contributed by atoms with Gasteiger partial charge in [0.1, 0.15) is 11.9 Å². The number of aromatic nitrogens is 2. The number of nitrogens with two attached hydrogens (primary N) is 1. The average Bonchev–Trinajstić information content (AvgIpc) is 3.74. The Morgan fingerprint density at radius 2 is 1.86 bits per heavy atom. The summed E-state index contributed by atoms with van der Waals surface area (Å²) in [5.74, 6) is -1.49. The van der Waals surface area contributed by atoms with Crippen LogP contribution in [0.5, 0.6) is 5.88 Å². The number of benzene rings is 2. The maximum atomic E-state index is 14.8. The predicted octanol–water partition coefficient (Wildman–Crippen LogP) is 4.92. The van der Waals surface area contributed by atoms with Crippen LogP contribution >= 0.6 is 11.6 Å². The summed E-state index contributed by atoms with van der Waals surface area (Å²) in [6, 6.07) is 11.1. The van der Waals surface area contributed by atoms with Crippen LogP contribution in [-0.4, -0.2) is 89.9 Å². The zero-order valence-electron chi connectivity index (χ0n) is 26.8. The van der Waals surface area contributed by atoms with Crippen LogP contribution in [0, 0.1) is 5.41 Å². The van der Waals surface area contributed by atoms with Crippen LogP contribution in [0.3, 0.4) is 0 Å². The van der Waals surface area contributed by atoms with Gasteiger partial charge < -0.3 is 36.0 Å². The summed E-state index contributed by atoms with van der Waals surface area (Å²) in [5.41, 5.74) is 6.39. The maximum absolute atomic E-state index is 14.8. The number of nitrogens with one attached hydrogen (secondary N) is 2. The monoisotopic (exact) mass is 701 g/mol. The number of aliphatic carboxylic acids is 1. The Balaban J connectivity index is 1.22. The molecule has 11 nitrogen and oxygen atoms in total. The number of carboxylic acids is 1. The van der Waals surface area contributed by atoms with Crippen LogP contribution in [0.15, 0.2) is 48.5 Å². The number of nitrogen functional groups attached to an aromatic ring is 1. The maximum Gasteiger partial charge on any atom is 0.429 e. The Morgan fingerprint density at radius 1 is 1.10 bits per heavy atom. The van der Waals surface area contributed by atoms with Crippen LogP contribution in [0.2, 0.25) is 5.02 Å². The smallest absolute Gasteiger partial charge is 0.429 e. The molecule has 1 amide bonds. The molecule has 1 spiro atoms. The van der Waals surface area contributed by atoms with Crippen LogP contribution in [0.4, 0.5) is 24.9 Å². The summed E-state index contributed by atoms with van der Waals surface area (Å²) < 4.78 is 50.1. The van der Waals surface area contributed by atoms with Gasteiger partial charge in [0, 0.05) is 54.9 Å². The molecule has 0 saturated carbocycles. The van der Waals surface area contributed by atoms with E-state index >= 15 is 0 Å². The molecule has 1 aromatic heterocycles. The number of rotatable bonds is 10. The normalized spacial score (nSPS) is 20.0. The first-order valence-electron chi connectivity index (χ1n) is 16.4. The minimum Gasteiger partial charge on any atom is -0.480 e. The largest absolute Gasteiger partial charge is 0.480 e.